The Kier molecular flexibility index (Phi) is 7.47. The number of nitrogens with one attached hydrogen (secondary N) is 2. The Morgan fingerprint density at radius 2 is 2.04 bits per heavy atom. The summed E-state index contributed by atoms with van der Waals surface area (Å²) in [7, 11) is 1.75. The van der Waals surface area contributed by atoms with E-state index in [1.54, 1.807) is 30.5 Å². The van der Waals surface area contributed by atoms with E-state index in [-0.39, 0.29) is 11.9 Å². The molecule has 1 unspecified atom stereocenters. The predicted molar refractivity (Wildman–Crippen MR) is 113 cm³/mol. The Morgan fingerprint density at radius 1 is 1.29 bits per heavy atom. The minimum absolute atomic E-state index is 0.0782. The highest BCUT2D eigenvalue weighted by atomic mass is 32.1. The highest BCUT2D eigenvalue weighted by Crippen LogP contribution is 2.24. The normalized spacial score (nSPS) is 15.5. The summed E-state index contributed by atoms with van der Waals surface area (Å²) in [6.07, 6.45) is 3.31. The number of benzene rings is 1. The number of rotatable bonds is 8. The van der Waals surface area contributed by atoms with Crippen LogP contribution >= 0.6 is 11.3 Å². The molecule has 0 aliphatic carbocycles. The van der Waals surface area contributed by atoms with E-state index in [2.05, 4.69) is 25.9 Å². The molecule has 2 aromatic rings. The molecule has 0 amide bonds. The zero-order valence-electron chi connectivity index (χ0n) is 16.4. The molecule has 3 rings (SSSR count). The summed E-state index contributed by atoms with van der Waals surface area (Å²) in [5.74, 6) is 1.11. The summed E-state index contributed by atoms with van der Waals surface area (Å²) in [6, 6.07) is 6.04. The standard InChI is InChI=1S/C20H28FN5OS/c1-15(27-18-7-5-16(21)6-8-18)13-24-19(22-2)23-10-9-17-14-28-20(25-17)26-11-3-4-12-26/h5-8,14-15H,3-4,9-13H2,1-2H3,(H2,22,23,24). The minimum Gasteiger partial charge on any atom is -0.489 e. The van der Waals surface area contributed by atoms with Crippen molar-refractivity contribution in [1.82, 2.24) is 15.6 Å². The Bertz CT molecular complexity index is 758. The van der Waals surface area contributed by atoms with Gasteiger partial charge >= 0.3 is 0 Å². The molecule has 2 N–H and O–H groups in total. The van der Waals surface area contributed by atoms with Crippen LogP contribution in [0, 0.1) is 5.82 Å². The van der Waals surface area contributed by atoms with Gasteiger partial charge in [0.2, 0.25) is 0 Å². The summed E-state index contributed by atoms with van der Waals surface area (Å²) in [5, 5.41) is 9.84. The van der Waals surface area contributed by atoms with Crippen molar-refractivity contribution in [3.8, 4) is 5.75 Å². The number of aromatic nitrogens is 1. The van der Waals surface area contributed by atoms with Crippen LogP contribution in [0.3, 0.4) is 0 Å². The third-order valence-electron chi connectivity index (χ3n) is 4.52. The highest BCUT2D eigenvalue weighted by Gasteiger charge is 2.15. The number of nitrogens with zero attached hydrogens (tertiary/aromatic N) is 3. The van der Waals surface area contributed by atoms with E-state index >= 15 is 0 Å². The van der Waals surface area contributed by atoms with Gasteiger partial charge in [0.05, 0.1) is 12.2 Å². The van der Waals surface area contributed by atoms with E-state index in [4.69, 9.17) is 9.72 Å². The van der Waals surface area contributed by atoms with Crippen molar-refractivity contribution in [2.75, 3.05) is 38.1 Å². The molecule has 152 valence electrons. The number of guanidine groups is 1. The van der Waals surface area contributed by atoms with Crippen LogP contribution in [-0.2, 0) is 6.42 Å². The maximum absolute atomic E-state index is 12.9. The maximum Gasteiger partial charge on any atom is 0.191 e. The number of anilines is 1. The molecule has 0 radical (unpaired) electrons. The van der Waals surface area contributed by atoms with Crippen molar-refractivity contribution in [2.24, 2.45) is 4.99 Å². The van der Waals surface area contributed by atoms with Crippen LogP contribution < -0.4 is 20.3 Å². The summed E-state index contributed by atoms with van der Waals surface area (Å²) < 4.78 is 18.7. The molecule has 1 aliphatic heterocycles. The molecular weight excluding hydrogens is 377 g/mol. The first-order chi connectivity index (χ1) is 13.6. The maximum atomic E-state index is 12.9. The van der Waals surface area contributed by atoms with Gasteiger partial charge in [-0.3, -0.25) is 4.99 Å². The first-order valence-corrected chi connectivity index (χ1v) is 10.6. The second-order valence-electron chi connectivity index (χ2n) is 6.83. The SMILES string of the molecule is CN=C(NCCc1csc(N2CCCC2)n1)NCC(C)Oc1ccc(F)cc1. The van der Waals surface area contributed by atoms with Crippen molar-refractivity contribution in [3.05, 3.63) is 41.2 Å². The van der Waals surface area contributed by atoms with E-state index in [1.807, 2.05) is 6.92 Å². The fourth-order valence-corrected chi connectivity index (χ4v) is 3.94. The molecule has 2 heterocycles. The summed E-state index contributed by atoms with van der Waals surface area (Å²) in [5.41, 5.74) is 1.11. The third kappa shape index (κ3) is 6.09. The first-order valence-electron chi connectivity index (χ1n) is 9.70. The Hall–Kier alpha value is -2.35. The molecule has 1 fully saturated rings. The van der Waals surface area contributed by atoms with E-state index in [0.717, 1.165) is 42.8 Å². The van der Waals surface area contributed by atoms with Crippen molar-refractivity contribution >= 4 is 22.4 Å². The zero-order valence-corrected chi connectivity index (χ0v) is 17.3. The highest BCUT2D eigenvalue weighted by molar-refractivity contribution is 7.13. The quantitative estimate of drug-likeness (QED) is 0.522. The number of halogens is 1. The molecule has 1 aromatic carbocycles. The fraction of sp³-hybridized carbons (Fsp3) is 0.500. The second-order valence-corrected chi connectivity index (χ2v) is 7.66. The first kappa shape index (κ1) is 20.4. The number of aliphatic imine (C=N–C) groups is 1. The number of ether oxygens (including phenoxy) is 1. The van der Waals surface area contributed by atoms with Crippen LogP contribution in [0.5, 0.6) is 5.75 Å². The van der Waals surface area contributed by atoms with Gasteiger partial charge in [0.1, 0.15) is 17.7 Å². The van der Waals surface area contributed by atoms with Gasteiger partial charge in [-0.1, -0.05) is 0 Å². The monoisotopic (exact) mass is 405 g/mol. The molecule has 1 aromatic heterocycles. The second kappa shape index (κ2) is 10.3. The molecule has 0 bridgehead atoms. The molecule has 1 aliphatic rings. The van der Waals surface area contributed by atoms with Crippen LogP contribution in [0.2, 0.25) is 0 Å². The molecular formula is C20H28FN5OS. The minimum atomic E-state index is -0.268. The topological polar surface area (TPSA) is 61.8 Å². The van der Waals surface area contributed by atoms with Gasteiger partial charge in [0.25, 0.3) is 0 Å². The Morgan fingerprint density at radius 3 is 2.75 bits per heavy atom. The van der Waals surface area contributed by atoms with Crippen molar-refractivity contribution in [3.63, 3.8) is 0 Å². The van der Waals surface area contributed by atoms with Crippen LogP contribution in [0.25, 0.3) is 0 Å². The lowest BCUT2D eigenvalue weighted by molar-refractivity contribution is 0.223. The fourth-order valence-electron chi connectivity index (χ4n) is 3.02. The van der Waals surface area contributed by atoms with Crippen molar-refractivity contribution in [1.29, 1.82) is 0 Å². The van der Waals surface area contributed by atoms with Gasteiger partial charge in [-0.25, -0.2) is 9.37 Å². The van der Waals surface area contributed by atoms with Gasteiger partial charge in [0.15, 0.2) is 11.1 Å². The molecule has 1 atom stereocenters. The van der Waals surface area contributed by atoms with E-state index < -0.39 is 0 Å². The van der Waals surface area contributed by atoms with E-state index in [1.165, 1.54) is 25.0 Å². The number of thiazole rings is 1. The summed E-state index contributed by atoms with van der Waals surface area (Å²) in [4.78, 5) is 11.3. The van der Waals surface area contributed by atoms with E-state index in [0.29, 0.717) is 12.3 Å². The Labute approximate surface area is 169 Å². The van der Waals surface area contributed by atoms with Gasteiger partial charge in [-0.15, -0.1) is 11.3 Å². The molecule has 6 nitrogen and oxygen atoms in total. The summed E-state index contributed by atoms with van der Waals surface area (Å²) in [6.45, 7) is 5.56. The van der Waals surface area contributed by atoms with Gasteiger partial charge in [0, 0.05) is 38.5 Å². The van der Waals surface area contributed by atoms with Crippen LogP contribution in [0.1, 0.15) is 25.5 Å². The van der Waals surface area contributed by atoms with E-state index in [9.17, 15) is 4.39 Å². The van der Waals surface area contributed by atoms with Crippen LogP contribution in [0.4, 0.5) is 9.52 Å². The van der Waals surface area contributed by atoms with Crippen molar-refractivity contribution in [2.45, 2.75) is 32.3 Å². The van der Waals surface area contributed by atoms with Gasteiger partial charge in [-0.2, -0.15) is 0 Å². The van der Waals surface area contributed by atoms with Gasteiger partial charge < -0.3 is 20.3 Å². The molecule has 0 spiro atoms. The lowest BCUT2D eigenvalue weighted by Crippen LogP contribution is -2.42. The predicted octanol–water partition coefficient (Wildman–Crippen LogP) is 3.06. The van der Waals surface area contributed by atoms with Crippen molar-refractivity contribution < 1.29 is 9.13 Å². The van der Waals surface area contributed by atoms with Crippen LogP contribution in [-0.4, -0.2) is 50.3 Å². The molecule has 1 saturated heterocycles. The number of hydrogen-bond acceptors (Lipinski definition) is 5. The molecule has 8 heteroatoms. The number of hydrogen-bond donors (Lipinski definition) is 2. The largest absolute Gasteiger partial charge is 0.489 e. The Balaban J connectivity index is 1.36. The lowest BCUT2D eigenvalue weighted by atomic mass is 10.3. The summed E-state index contributed by atoms with van der Waals surface area (Å²) >= 11 is 1.73. The molecule has 28 heavy (non-hydrogen) atoms. The average molecular weight is 406 g/mol. The van der Waals surface area contributed by atoms with Gasteiger partial charge in [-0.05, 0) is 44.0 Å². The average Bonchev–Trinajstić information content (AvgIpc) is 3.38. The van der Waals surface area contributed by atoms with Crippen LogP contribution in [0.15, 0.2) is 34.6 Å². The zero-order chi connectivity index (χ0) is 19.8. The molecule has 0 saturated carbocycles. The third-order valence-corrected chi connectivity index (χ3v) is 5.47. The lowest BCUT2D eigenvalue weighted by Gasteiger charge is -2.17. The smallest absolute Gasteiger partial charge is 0.191 e.